The summed E-state index contributed by atoms with van der Waals surface area (Å²) >= 11 is 0. The number of carbonyl (C=O) groups is 1. The summed E-state index contributed by atoms with van der Waals surface area (Å²) in [5.74, 6) is -7.10. The summed E-state index contributed by atoms with van der Waals surface area (Å²) in [5.41, 5.74) is -1.48. The Bertz CT molecular complexity index is 381. The molecule has 0 aliphatic heterocycles. The SMILES string of the molecule is COC(C)(C)CCOC(C)(C)CNC(=O)C(O)(F)C(F)(F)F. The van der Waals surface area contributed by atoms with Crippen molar-refractivity contribution >= 4 is 5.91 Å². The zero-order valence-electron chi connectivity index (χ0n) is 13.3. The van der Waals surface area contributed by atoms with E-state index in [0.717, 1.165) is 0 Å². The van der Waals surface area contributed by atoms with Crippen molar-refractivity contribution in [1.29, 1.82) is 0 Å². The zero-order valence-corrected chi connectivity index (χ0v) is 13.3. The lowest BCUT2D eigenvalue weighted by atomic mass is 10.1. The number of carbonyl (C=O) groups excluding carboxylic acids is 1. The minimum absolute atomic E-state index is 0.225. The van der Waals surface area contributed by atoms with Crippen molar-refractivity contribution in [2.45, 2.75) is 57.3 Å². The van der Waals surface area contributed by atoms with Crippen LogP contribution < -0.4 is 5.32 Å². The van der Waals surface area contributed by atoms with Gasteiger partial charge in [0.05, 0.1) is 17.8 Å². The van der Waals surface area contributed by atoms with Gasteiger partial charge in [-0.2, -0.15) is 17.6 Å². The van der Waals surface area contributed by atoms with Crippen molar-refractivity contribution in [3.63, 3.8) is 0 Å². The first-order chi connectivity index (χ1) is 9.65. The van der Waals surface area contributed by atoms with Gasteiger partial charge in [0.2, 0.25) is 0 Å². The highest BCUT2D eigenvalue weighted by Gasteiger charge is 2.61. The van der Waals surface area contributed by atoms with Gasteiger partial charge in [-0.3, -0.25) is 4.79 Å². The summed E-state index contributed by atoms with van der Waals surface area (Å²) in [6.07, 6.45) is -5.19. The van der Waals surface area contributed by atoms with E-state index in [1.165, 1.54) is 21.0 Å². The van der Waals surface area contributed by atoms with Crippen molar-refractivity contribution in [3.8, 4) is 0 Å². The Morgan fingerprint density at radius 3 is 2.00 bits per heavy atom. The number of aliphatic hydroxyl groups is 1. The molecule has 0 aromatic heterocycles. The molecule has 0 aromatic carbocycles. The maximum absolute atomic E-state index is 13.0. The molecule has 1 atom stereocenters. The number of halogens is 4. The topological polar surface area (TPSA) is 67.8 Å². The van der Waals surface area contributed by atoms with Gasteiger partial charge in [0.25, 0.3) is 5.91 Å². The van der Waals surface area contributed by atoms with Crippen LogP contribution in [-0.4, -0.2) is 54.5 Å². The smallest absolute Gasteiger partial charge is 0.379 e. The third kappa shape index (κ3) is 6.45. The Kier molecular flexibility index (Phi) is 6.80. The van der Waals surface area contributed by atoms with E-state index in [1.807, 2.05) is 13.8 Å². The van der Waals surface area contributed by atoms with Gasteiger partial charge in [0.1, 0.15) is 0 Å². The van der Waals surface area contributed by atoms with Crippen molar-refractivity contribution in [3.05, 3.63) is 0 Å². The van der Waals surface area contributed by atoms with E-state index >= 15 is 0 Å². The summed E-state index contributed by atoms with van der Waals surface area (Å²) in [4.78, 5) is 11.1. The Balaban J connectivity index is 4.42. The first kappa shape index (κ1) is 21.1. The standard InChI is InChI=1S/C13H23F4NO4/c1-10(2,21-5)6-7-22-11(3,4)8-18-9(19)12(14,20)13(15,16)17/h20H,6-8H2,1-5H3,(H,18,19). The summed E-state index contributed by atoms with van der Waals surface area (Å²) in [6, 6.07) is 0. The maximum atomic E-state index is 13.0. The van der Waals surface area contributed by atoms with Gasteiger partial charge < -0.3 is 19.9 Å². The van der Waals surface area contributed by atoms with Crippen LogP contribution in [0.15, 0.2) is 0 Å². The number of rotatable bonds is 8. The summed E-state index contributed by atoms with van der Waals surface area (Å²) in [7, 11) is 1.53. The molecule has 1 amide bonds. The highest BCUT2D eigenvalue weighted by atomic mass is 19.4. The third-order valence-electron chi connectivity index (χ3n) is 3.10. The molecule has 0 saturated heterocycles. The lowest BCUT2D eigenvalue weighted by molar-refractivity contribution is -0.298. The van der Waals surface area contributed by atoms with Crippen LogP contribution in [0, 0.1) is 0 Å². The molecule has 0 aliphatic carbocycles. The number of hydrogen-bond acceptors (Lipinski definition) is 4. The van der Waals surface area contributed by atoms with Crippen LogP contribution in [0.3, 0.4) is 0 Å². The average molecular weight is 333 g/mol. The molecule has 0 rings (SSSR count). The fourth-order valence-corrected chi connectivity index (χ4v) is 1.27. The first-order valence-corrected chi connectivity index (χ1v) is 6.60. The summed E-state index contributed by atoms with van der Waals surface area (Å²) in [5, 5.41) is 10.3. The van der Waals surface area contributed by atoms with Gasteiger partial charge in [-0.05, 0) is 34.1 Å². The second kappa shape index (κ2) is 7.10. The van der Waals surface area contributed by atoms with Crippen molar-refractivity contribution in [2.75, 3.05) is 20.3 Å². The van der Waals surface area contributed by atoms with E-state index in [2.05, 4.69) is 0 Å². The number of alkyl halides is 4. The van der Waals surface area contributed by atoms with Crippen LogP contribution in [0.25, 0.3) is 0 Å². The quantitative estimate of drug-likeness (QED) is 0.666. The molecule has 2 N–H and O–H groups in total. The van der Waals surface area contributed by atoms with E-state index in [9.17, 15) is 22.4 Å². The van der Waals surface area contributed by atoms with Crippen LogP contribution in [0.4, 0.5) is 17.6 Å². The molecule has 0 bridgehead atoms. The van der Waals surface area contributed by atoms with E-state index in [-0.39, 0.29) is 6.61 Å². The van der Waals surface area contributed by atoms with E-state index in [1.54, 1.807) is 5.32 Å². The number of ether oxygens (including phenoxy) is 2. The largest absolute Gasteiger partial charge is 0.458 e. The molecule has 0 radical (unpaired) electrons. The van der Waals surface area contributed by atoms with Crippen molar-refractivity contribution in [2.24, 2.45) is 0 Å². The molecule has 9 heteroatoms. The molecular formula is C13H23F4NO4. The highest BCUT2D eigenvalue weighted by Crippen LogP contribution is 2.31. The average Bonchev–Trinajstić information content (AvgIpc) is 2.34. The van der Waals surface area contributed by atoms with Gasteiger partial charge in [-0.25, -0.2) is 0 Å². The molecule has 132 valence electrons. The van der Waals surface area contributed by atoms with Gasteiger partial charge >= 0.3 is 12.0 Å². The second-order valence-electron chi connectivity index (χ2n) is 6.12. The molecule has 0 heterocycles. The fourth-order valence-electron chi connectivity index (χ4n) is 1.27. The third-order valence-corrected chi connectivity index (χ3v) is 3.10. The van der Waals surface area contributed by atoms with Crippen LogP contribution in [0.1, 0.15) is 34.1 Å². The maximum Gasteiger partial charge on any atom is 0.458 e. The minimum Gasteiger partial charge on any atom is -0.379 e. The van der Waals surface area contributed by atoms with Gasteiger partial charge in [-0.1, -0.05) is 0 Å². The molecule has 0 aliphatic rings. The minimum atomic E-state index is -5.70. The molecule has 0 fully saturated rings. The lowest BCUT2D eigenvalue weighted by Gasteiger charge is -2.30. The summed E-state index contributed by atoms with van der Waals surface area (Å²) < 4.78 is 60.0. The molecule has 1 unspecified atom stereocenters. The molecule has 0 aromatic rings. The normalized spacial score (nSPS) is 16.3. The van der Waals surface area contributed by atoms with Crippen molar-refractivity contribution in [1.82, 2.24) is 5.32 Å². The number of amides is 1. The van der Waals surface area contributed by atoms with Gasteiger partial charge in [-0.15, -0.1) is 0 Å². The molecule has 5 nitrogen and oxygen atoms in total. The predicted molar refractivity (Wildman–Crippen MR) is 70.9 cm³/mol. The van der Waals surface area contributed by atoms with E-state index < -0.39 is 35.7 Å². The van der Waals surface area contributed by atoms with Crippen molar-refractivity contribution < 1.29 is 36.9 Å². The van der Waals surface area contributed by atoms with Gasteiger partial charge in [0.15, 0.2) is 0 Å². The van der Waals surface area contributed by atoms with Gasteiger partial charge in [0, 0.05) is 13.7 Å². The molecule has 0 saturated carbocycles. The summed E-state index contributed by atoms with van der Waals surface area (Å²) in [6.45, 7) is 6.51. The Labute approximate surface area is 127 Å². The van der Waals surface area contributed by atoms with Crippen LogP contribution in [-0.2, 0) is 14.3 Å². The van der Waals surface area contributed by atoms with Crippen LogP contribution >= 0.6 is 0 Å². The Morgan fingerprint density at radius 2 is 1.59 bits per heavy atom. The van der Waals surface area contributed by atoms with Crippen LogP contribution in [0.2, 0.25) is 0 Å². The van der Waals surface area contributed by atoms with E-state index in [0.29, 0.717) is 6.42 Å². The lowest BCUT2D eigenvalue weighted by Crippen LogP contribution is -2.56. The number of hydrogen-bond donors (Lipinski definition) is 2. The van der Waals surface area contributed by atoms with Crippen LogP contribution in [0.5, 0.6) is 0 Å². The molecule has 0 spiro atoms. The zero-order chi connectivity index (χ0) is 17.8. The number of methoxy groups -OCH3 is 1. The van der Waals surface area contributed by atoms with E-state index in [4.69, 9.17) is 14.6 Å². The highest BCUT2D eigenvalue weighted by molar-refractivity contribution is 5.84. The second-order valence-corrected chi connectivity index (χ2v) is 6.12. The number of nitrogens with one attached hydrogen (secondary N) is 1. The molecular weight excluding hydrogens is 310 g/mol. The first-order valence-electron chi connectivity index (χ1n) is 6.60. The Morgan fingerprint density at radius 1 is 1.09 bits per heavy atom. The molecule has 22 heavy (non-hydrogen) atoms. The predicted octanol–water partition coefficient (Wildman–Crippen LogP) is 1.93. The monoisotopic (exact) mass is 333 g/mol. The fraction of sp³-hybridized carbons (Fsp3) is 0.923. The Hall–Kier alpha value is -0.930.